The van der Waals surface area contributed by atoms with Crippen molar-refractivity contribution < 1.29 is 39.0 Å². The number of nitrogens with two attached hydrogens (primary N) is 2. The molecule has 0 rings (SSSR count). The minimum Gasteiger partial charge on any atom is -0.480 e. The first-order chi connectivity index (χ1) is 17.5. The van der Waals surface area contributed by atoms with Crippen LogP contribution in [0.15, 0.2) is 0 Å². The van der Waals surface area contributed by atoms with Crippen molar-refractivity contribution in [1.82, 2.24) is 21.3 Å². The number of hydrogen-bond acceptors (Lipinski definition) is 8. The van der Waals surface area contributed by atoms with Gasteiger partial charge in [0.25, 0.3) is 0 Å². The number of carboxylic acids is 1. The molecule has 5 atom stereocenters. The van der Waals surface area contributed by atoms with Crippen LogP contribution < -0.4 is 32.7 Å². The van der Waals surface area contributed by atoms with Crippen LogP contribution in [0, 0.1) is 17.8 Å². The van der Waals surface area contributed by atoms with Crippen LogP contribution in [0.5, 0.6) is 0 Å². The van der Waals surface area contributed by atoms with Gasteiger partial charge in [-0.25, -0.2) is 4.79 Å². The van der Waals surface area contributed by atoms with E-state index in [1.807, 2.05) is 13.8 Å². The van der Waals surface area contributed by atoms with Gasteiger partial charge in [0.2, 0.25) is 29.5 Å². The van der Waals surface area contributed by atoms with E-state index < -0.39 is 72.3 Å². The third-order valence-corrected chi connectivity index (χ3v) is 5.72. The van der Waals surface area contributed by atoms with Crippen molar-refractivity contribution in [2.45, 2.75) is 91.0 Å². The van der Waals surface area contributed by atoms with Gasteiger partial charge in [0, 0.05) is 6.42 Å². The van der Waals surface area contributed by atoms with Crippen molar-refractivity contribution >= 4 is 35.5 Å². The highest BCUT2D eigenvalue weighted by Crippen LogP contribution is 2.10. The van der Waals surface area contributed by atoms with Gasteiger partial charge in [0.1, 0.15) is 24.2 Å². The van der Waals surface area contributed by atoms with Crippen molar-refractivity contribution in [2.75, 3.05) is 6.61 Å². The van der Waals surface area contributed by atoms with Crippen LogP contribution in [0.1, 0.15) is 60.8 Å². The second kappa shape index (κ2) is 16.6. The van der Waals surface area contributed by atoms with E-state index in [4.69, 9.17) is 16.6 Å². The molecule has 0 heterocycles. The van der Waals surface area contributed by atoms with Gasteiger partial charge in [0.05, 0.1) is 12.6 Å². The van der Waals surface area contributed by atoms with Crippen LogP contribution >= 0.6 is 0 Å². The van der Waals surface area contributed by atoms with Crippen LogP contribution in [0.2, 0.25) is 0 Å². The van der Waals surface area contributed by atoms with Crippen molar-refractivity contribution in [3.05, 3.63) is 0 Å². The molecular formula is C24H44N6O8. The number of hydrogen-bond donors (Lipinski definition) is 8. The van der Waals surface area contributed by atoms with E-state index in [0.29, 0.717) is 0 Å². The molecule has 218 valence electrons. The molecule has 5 amide bonds. The summed E-state index contributed by atoms with van der Waals surface area (Å²) in [6.45, 7) is 9.69. The maximum atomic E-state index is 13.2. The summed E-state index contributed by atoms with van der Waals surface area (Å²) in [6.07, 6.45) is -0.376. The van der Waals surface area contributed by atoms with E-state index in [1.165, 1.54) is 0 Å². The summed E-state index contributed by atoms with van der Waals surface area (Å²) in [4.78, 5) is 73.9. The average Bonchev–Trinajstić information content (AvgIpc) is 2.80. The predicted molar refractivity (Wildman–Crippen MR) is 138 cm³/mol. The summed E-state index contributed by atoms with van der Waals surface area (Å²) >= 11 is 0. The van der Waals surface area contributed by atoms with Gasteiger partial charge < -0.3 is 42.9 Å². The van der Waals surface area contributed by atoms with E-state index >= 15 is 0 Å². The van der Waals surface area contributed by atoms with E-state index in [2.05, 4.69) is 21.3 Å². The third kappa shape index (κ3) is 12.3. The number of aliphatic hydroxyl groups is 1. The van der Waals surface area contributed by atoms with Crippen LogP contribution in [-0.4, -0.2) is 82.5 Å². The molecule has 0 spiro atoms. The fourth-order valence-corrected chi connectivity index (χ4v) is 3.34. The molecule has 0 radical (unpaired) electrons. The average molecular weight is 545 g/mol. The summed E-state index contributed by atoms with van der Waals surface area (Å²) in [7, 11) is 0. The van der Waals surface area contributed by atoms with Gasteiger partial charge in [-0.15, -0.1) is 0 Å². The van der Waals surface area contributed by atoms with Gasteiger partial charge in [-0.3, -0.25) is 24.0 Å². The molecule has 0 aliphatic carbocycles. The fraction of sp³-hybridized carbons (Fsp3) is 0.750. The number of carbonyl (C=O) groups excluding carboxylic acids is 5. The topological polar surface area (TPSA) is 243 Å². The van der Waals surface area contributed by atoms with Crippen LogP contribution in [0.4, 0.5) is 0 Å². The molecule has 0 saturated heterocycles. The van der Waals surface area contributed by atoms with Crippen molar-refractivity contribution in [3.63, 3.8) is 0 Å². The normalized spacial score (nSPS) is 15.2. The molecule has 10 N–H and O–H groups in total. The Labute approximate surface area is 223 Å². The number of nitrogens with one attached hydrogen (secondary N) is 4. The van der Waals surface area contributed by atoms with Crippen LogP contribution in [0.3, 0.4) is 0 Å². The van der Waals surface area contributed by atoms with Crippen molar-refractivity contribution in [3.8, 4) is 0 Å². The number of primary amides is 1. The standard InChI is InChI=1S/C24H44N6O8/c1-11(2)9-15(28-23(36)19(13(5)6)30-22(35)18(26)12(3)4)21(34)27-14(7-8-17(25)32)20(33)29-16(10-31)24(37)38/h11-16,18-19,31H,7-10,26H2,1-6H3,(H2,25,32)(H,27,34)(H,28,36)(H,29,33)(H,30,35)(H,37,38)/t14-,15-,16-,18-,19-/m0/s1. The van der Waals surface area contributed by atoms with Crippen molar-refractivity contribution in [1.29, 1.82) is 0 Å². The molecule has 0 bridgehead atoms. The molecule has 0 aliphatic rings. The lowest BCUT2D eigenvalue weighted by Gasteiger charge is -2.28. The maximum absolute atomic E-state index is 13.2. The second-order valence-electron chi connectivity index (χ2n) is 10.3. The molecule has 0 aromatic carbocycles. The number of carboxylic acid groups (broad SMARTS) is 1. The van der Waals surface area contributed by atoms with Crippen LogP contribution in [-0.2, 0) is 28.8 Å². The number of amides is 5. The molecule has 0 saturated carbocycles. The first kappa shape index (κ1) is 34.7. The van der Waals surface area contributed by atoms with Gasteiger partial charge in [-0.1, -0.05) is 41.5 Å². The summed E-state index contributed by atoms with van der Waals surface area (Å²) in [6, 6.07) is -5.97. The molecule has 0 aromatic rings. The number of aliphatic hydroxyl groups excluding tert-OH is 1. The monoisotopic (exact) mass is 544 g/mol. The van der Waals surface area contributed by atoms with E-state index in [0.717, 1.165) is 0 Å². The Bertz CT molecular complexity index is 848. The first-order valence-corrected chi connectivity index (χ1v) is 12.6. The van der Waals surface area contributed by atoms with E-state index in [1.54, 1.807) is 27.7 Å². The summed E-state index contributed by atoms with van der Waals surface area (Å²) in [5.41, 5.74) is 11.1. The third-order valence-electron chi connectivity index (χ3n) is 5.72. The Morgan fingerprint density at radius 1 is 0.711 bits per heavy atom. The lowest BCUT2D eigenvalue weighted by atomic mass is 9.98. The summed E-state index contributed by atoms with van der Waals surface area (Å²) in [5, 5.41) is 28.1. The molecule has 14 heteroatoms. The molecule has 0 aromatic heterocycles. The van der Waals surface area contributed by atoms with Crippen LogP contribution in [0.25, 0.3) is 0 Å². The zero-order chi connectivity index (χ0) is 29.7. The maximum Gasteiger partial charge on any atom is 0.328 e. The van der Waals surface area contributed by atoms with Crippen molar-refractivity contribution in [2.24, 2.45) is 29.2 Å². The second-order valence-corrected chi connectivity index (χ2v) is 10.3. The number of aliphatic carboxylic acids is 1. The molecule has 0 fully saturated rings. The first-order valence-electron chi connectivity index (χ1n) is 12.6. The molecule has 14 nitrogen and oxygen atoms in total. The lowest BCUT2D eigenvalue weighted by molar-refractivity contribution is -0.143. The summed E-state index contributed by atoms with van der Waals surface area (Å²) in [5.74, 6) is -5.70. The largest absolute Gasteiger partial charge is 0.480 e. The predicted octanol–water partition coefficient (Wildman–Crippen LogP) is -2.05. The van der Waals surface area contributed by atoms with Gasteiger partial charge >= 0.3 is 5.97 Å². The highest BCUT2D eigenvalue weighted by atomic mass is 16.4. The number of rotatable bonds is 17. The number of carbonyl (C=O) groups is 6. The quantitative estimate of drug-likeness (QED) is 0.100. The Hall–Kier alpha value is -3.26. The van der Waals surface area contributed by atoms with Gasteiger partial charge in [-0.2, -0.15) is 0 Å². The van der Waals surface area contributed by atoms with E-state index in [9.17, 15) is 33.9 Å². The summed E-state index contributed by atoms with van der Waals surface area (Å²) < 4.78 is 0. The van der Waals surface area contributed by atoms with E-state index in [-0.39, 0.29) is 37.0 Å². The van der Waals surface area contributed by atoms with Gasteiger partial charge in [0.15, 0.2) is 0 Å². The Balaban J connectivity index is 5.80. The smallest absolute Gasteiger partial charge is 0.328 e. The SMILES string of the molecule is CC(C)C[C@H](NC(=O)[C@@H](NC(=O)[C@@H](N)C(C)C)C(C)C)C(=O)N[C@@H](CCC(N)=O)C(=O)N[C@@H](CO)C(=O)O. The molecule has 0 unspecified atom stereocenters. The zero-order valence-electron chi connectivity index (χ0n) is 22.9. The highest BCUT2D eigenvalue weighted by molar-refractivity contribution is 5.95. The minimum absolute atomic E-state index is 0.0730. The lowest BCUT2D eigenvalue weighted by Crippen LogP contribution is -2.60. The molecule has 0 aliphatic heterocycles. The zero-order valence-corrected chi connectivity index (χ0v) is 22.9. The highest BCUT2D eigenvalue weighted by Gasteiger charge is 2.33. The molecule has 38 heavy (non-hydrogen) atoms. The fourth-order valence-electron chi connectivity index (χ4n) is 3.34. The Morgan fingerprint density at radius 3 is 1.63 bits per heavy atom. The molecular weight excluding hydrogens is 500 g/mol. The Kier molecular flexibility index (Phi) is 15.1. The Morgan fingerprint density at radius 2 is 1.21 bits per heavy atom. The van der Waals surface area contributed by atoms with Gasteiger partial charge in [-0.05, 0) is 30.6 Å². The minimum atomic E-state index is -1.63.